The van der Waals surface area contributed by atoms with Gasteiger partial charge in [-0.1, -0.05) is 6.92 Å². The highest BCUT2D eigenvalue weighted by molar-refractivity contribution is 5.70. The first kappa shape index (κ1) is 15.5. The van der Waals surface area contributed by atoms with Crippen LogP contribution in [0.5, 0.6) is 0 Å². The van der Waals surface area contributed by atoms with E-state index in [2.05, 4.69) is 4.98 Å². The average Bonchev–Trinajstić information content (AvgIpc) is 2.77. The first-order valence-corrected chi connectivity index (χ1v) is 7.12. The van der Waals surface area contributed by atoms with E-state index >= 15 is 0 Å². The fourth-order valence-electron chi connectivity index (χ4n) is 2.40. The molecule has 7 nitrogen and oxygen atoms in total. The maximum Gasteiger partial charge on any atom is 0.332 e. The number of nitrogens with zero attached hydrogens (tertiary/aromatic N) is 4. The van der Waals surface area contributed by atoms with Crippen molar-refractivity contribution in [2.24, 2.45) is 12.8 Å². The standard InChI is InChI=1S/C14H23N5O2/c1-6-9(2)19-11-10(12(20)17(5)13(19)21)18(8-16-11)7-14(3,4)15/h8-9H,6-7,15H2,1-5H3. The van der Waals surface area contributed by atoms with Gasteiger partial charge in [-0.15, -0.1) is 0 Å². The third kappa shape index (κ3) is 2.65. The van der Waals surface area contributed by atoms with Gasteiger partial charge in [-0.05, 0) is 27.2 Å². The van der Waals surface area contributed by atoms with E-state index in [0.717, 1.165) is 11.0 Å². The van der Waals surface area contributed by atoms with Crippen molar-refractivity contribution in [3.63, 3.8) is 0 Å². The predicted molar refractivity (Wildman–Crippen MR) is 82.5 cm³/mol. The Labute approximate surface area is 123 Å². The van der Waals surface area contributed by atoms with Crippen LogP contribution >= 0.6 is 0 Å². The summed E-state index contributed by atoms with van der Waals surface area (Å²) in [5, 5.41) is 0. The van der Waals surface area contributed by atoms with Gasteiger partial charge >= 0.3 is 5.69 Å². The molecule has 0 spiro atoms. The lowest BCUT2D eigenvalue weighted by Crippen LogP contribution is -2.41. The van der Waals surface area contributed by atoms with Crippen LogP contribution in [0.4, 0.5) is 0 Å². The summed E-state index contributed by atoms with van der Waals surface area (Å²) in [5.41, 5.74) is 5.75. The van der Waals surface area contributed by atoms with Crippen LogP contribution in [-0.4, -0.2) is 24.2 Å². The maximum atomic E-state index is 12.4. The van der Waals surface area contributed by atoms with Crippen molar-refractivity contribution in [2.75, 3.05) is 0 Å². The van der Waals surface area contributed by atoms with Gasteiger partial charge in [0.2, 0.25) is 0 Å². The molecular weight excluding hydrogens is 270 g/mol. The molecule has 0 aliphatic carbocycles. The molecule has 2 heterocycles. The lowest BCUT2D eigenvalue weighted by Gasteiger charge is -2.20. The Morgan fingerprint density at radius 2 is 2.00 bits per heavy atom. The molecule has 1 unspecified atom stereocenters. The van der Waals surface area contributed by atoms with Gasteiger partial charge < -0.3 is 10.3 Å². The SMILES string of the molecule is CCC(C)n1c(=O)n(C)c(=O)c2c1ncn2CC(C)(C)N. The zero-order valence-corrected chi connectivity index (χ0v) is 13.3. The Hall–Kier alpha value is -1.89. The Kier molecular flexibility index (Phi) is 3.79. The number of aromatic nitrogens is 4. The molecule has 21 heavy (non-hydrogen) atoms. The molecule has 2 aromatic rings. The predicted octanol–water partition coefficient (Wildman–Crippen LogP) is 0.605. The minimum Gasteiger partial charge on any atom is -0.324 e. The fourth-order valence-corrected chi connectivity index (χ4v) is 2.40. The number of hydrogen-bond acceptors (Lipinski definition) is 4. The van der Waals surface area contributed by atoms with E-state index in [9.17, 15) is 9.59 Å². The number of nitrogens with two attached hydrogens (primary N) is 1. The molecule has 0 saturated carbocycles. The molecule has 2 rings (SSSR count). The quantitative estimate of drug-likeness (QED) is 0.894. The molecule has 0 aromatic carbocycles. The smallest absolute Gasteiger partial charge is 0.324 e. The maximum absolute atomic E-state index is 12.4. The molecule has 2 aromatic heterocycles. The molecule has 7 heteroatoms. The minimum absolute atomic E-state index is 0.0268. The Balaban J connectivity index is 2.84. The number of imidazole rings is 1. The lowest BCUT2D eigenvalue weighted by atomic mass is 10.1. The van der Waals surface area contributed by atoms with Crippen molar-refractivity contribution in [2.45, 2.75) is 52.2 Å². The van der Waals surface area contributed by atoms with Crippen molar-refractivity contribution in [1.82, 2.24) is 18.7 Å². The van der Waals surface area contributed by atoms with Crippen LogP contribution in [0.3, 0.4) is 0 Å². The molecule has 0 bridgehead atoms. The molecule has 0 aliphatic rings. The largest absolute Gasteiger partial charge is 0.332 e. The number of fused-ring (bicyclic) bond motifs is 1. The van der Waals surface area contributed by atoms with E-state index in [1.54, 1.807) is 15.5 Å². The summed E-state index contributed by atoms with van der Waals surface area (Å²) in [6.07, 6.45) is 2.36. The molecule has 0 saturated heterocycles. The van der Waals surface area contributed by atoms with E-state index in [1.807, 2.05) is 27.7 Å². The van der Waals surface area contributed by atoms with E-state index in [1.165, 1.54) is 7.05 Å². The van der Waals surface area contributed by atoms with Gasteiger partial charge in [0.25, 0.3) is 5.56 Å². The summed E-state index contributed by atoms with van der Waals surface area (Å²) in [6, 6.07) is -0.0268. The molecular formula is C14H23N5O2. The van der Waals surface area contributed by atoms with Crippen molar-refractivity contribution >= 4 is 11.2 Å². The van der Waals surface area contributed by atoms with Crippen LogP contribution in [0.25, 0.3) is 11.2 Å². The van der Waals surface area contributed by atoms with E-state index in [4.69, 9.17) is 5.73 Å². The van der Waals surface area contributed by atoms with Crippen molar-refractivity contribution in [1.29, 1.82) is 0 Å². The zero-order chi connectivity index (χ0) is 15.9. The van der Waals surface area contributed by atoms with E-state index in [-0.39, 0.29) is 17.3 Å². The van der Waals surface area contributed by atoms with Crippen LogP contribution in [0, 0.1) is 0 Å². The van der Waals surface area contributed by atoms with Gasteiger partial charge in [0.05, 0.1) is 6.33 Å². The second kappa shape index (κ2) is 5.14. The summed E-state index contributed by atoms with van der Waals surface area (Å²) in [7, 11) is 1.49. The highest BCUT2D eigenvalue weighted by Crippen LogP contribution is 2.15. The summed E-state index contributed by atoms with van der Waals surface area (Å²) in [5.74, 6) is 0. The van der Waals surface area contributed by atoms with Gasteiger partial charge in [-0.3, -0.25) is 13.9 Å². The van der Waals surface area contributed by atoms with Crippen molar-refractivity contribution in [3.05, 3.63) is 27.2 Å². The summed E-state index contributed by atoms with van der Waals surface area (Å²) in [6.45, 7) is 8.16. The van der Waals surface area contributed by atoms with Crippen LogP contribution in [-0.2, 0) is 13.6 Å². The Morgan fingerprint density at radius 3 is 2.52 bits per heavy atom. The number of rotatable bonds is 4. The fraction of sp³-hybridized carbons (Fsp3) is 0.643. The first-order valence-electron chi connectivity index (χ1n) is 7.12. The third-order valence-electron chi connectivity index (χ3n) is 3.66. The highest BCUT2D eigenvalue weighted by Gasteiger charge is 2.21. The minimum atomic E-state index is -0.476. The zero-order valence-electron chi connectivity index (χ0n) is 13.3. The van der Waals surface area contributed by atoms with Gasteiger partial charge in [0.15, 0.2) is 11.2 Å². The van der Waals surface area contributed by atoms with Crippen molar-refractivity contribution in [3.8, 4) is 0 Å². The van der Waals surface area contributed by atoms with Crippen LogP contribution in [0.2, 0.25) is 0 Å². The monoisotopic (exact) mass is 293 g/mol. The Morgan fingerprint density at radius 1 is 1.38 bits per heavy atom. The van der Waals surface area contributed by atoms with E-state index in [0.29, 0.717) is 17.7 Å². The summed E-state index contributed by atoms with van der Waals surface area (Å²) in [4.78, 5) is 29.1. The van der Waals surface area contributed by atoms with Crippen LogP contribution in [0.15, 0.2) is 15.9 Å². The normalized spacial score (nSPS) is 13.8. The number of hydrogen-bond donors (Lipinski definition) is 1. The molecule has 0 amide bonds. The summed E-state index contributed by atoms with van der Waals surface area (Å²) < 4.78 is 4.45. The average molecular weight is 293 g/mol. The molecule has 116 valence electrons. The Bertz CT molecular complexity index is 775. The van der Waals surface area contributed by atoms with Gasteiger partial charge in [0, 0.05) is 25.2 Å². The van der Waals surface area contributed by atoms with Gasteiger partial charge in [-0.2, -0.15) is 0 Å². The van der Waals surface area contributed by atoms with Crippen LogP contribution in [0.1, 0.15) is 40.2 Å². The molecule has 2 N–H and O–H groups in total. The van der Waals surface area contributed by atoms with Crippen molar-refractivity contribution < 1.29 is 0 Å². The lowest BCUT2D eigenvalue weighted by molar-refractivity contribution is 0.438. The topological polar surface area (TPSA) is 87.8 Å². The second-order valence-corrected chi connectivity index (χ2v) is 6.31. The molecule has 0 fully saturated rings. The van der Waals surface area contributed by atoms with Gasteiger partial charge in [-0.25, -0.2) is 9.78 Å². The molecule has 0 aliphatic heterocycles. The first-order chi connectivity index (χ1) is 9.67. The third-order valence-corrected chi connectivity index (χ3v) is 3.66. The van der Waals surface area contributed by atoms with Crippen LogP contribution < -0.4 is 17.0 Å². The second-order valence-electron chi connectivity index (χ2n) is 6.31. The van der Waals surface area contributed by atoms with E-state index < -0.39 is 5.54 Å². The highest BCUT2D eigenvalue weighted by atomic mass is 16.2. The molecule has 1 atom stereocenters. The molecule has 0 radical (unpaired) electrons. The van der Waals surface area contributed by atoms with Gasteiger partial charge in [0.1, 0.15) is 0 Å². The summed E-state index contributed by atoms with van der Waals surface area (Å²) >= 11 is 0.